The number of nitrogens with zero attached hydrogens (tertiary/aromatic N) is 1. The van der Waals surface area contributed by atoms with Crippen molar-refractivity contribution in [1.82, 2.24) is 4.31 Å². The van der Waals surface area contributed by atoms with Gasteiger partial charge in [0.05, 0.1) is 11.0 Å². The number of carbonyl (C=O) groups is 1. The van der Waals surface area contributed by atoms with Gasteiger partial charge in [0, 0.05) is 20.8 Å². The molecule has 134 valence electrons. The molecule has 1 fully saturated rings. The van der Waals surface area contributed by atoms with Crippen LogP contribution in [0.2, 0.25) is 0 Å². The second-order valence-electron chi connectivity index (χ2n) is 5.91. The number of methoxy groups -OCH3 is 2. The molecule has 2 N–H and O–H groups in total. The van der Waals surface area contributed by atoms with E-state index < -0.39 is 34.2 Å². The summed E-state index contributed by atoms with van der Waals surface area (Å²) in [7, 11) is -1.09. The Labute approximate surface area is 146 Å². The van der Waals surface area contributed by atoms with Gasteiger partial charge in [-0.25, -0.2) is 8.42 Å². The zero-order chi connectivity index (χ0) is 18.2. The number of nitrogens with two attached hydrogens (primary N) is 1. The number of hydrogen-bond acceptors (Lipinski definition) is 5. The van der Waals surface area contributed by atoms with Crippen LogP contribution in [0.5, 0.6) is 0 Å². The van der Waals surface area contributed by atoms with E-state index in [1.807, 2.05) is 24.3 Å². The highest BCUT2D eigenvalue weighted by atomic mass is 32.2. The summed E-state index contributed by atoms with van der Waals surface area (Å²) in [6.45, 7) is -0.00221. The van der Waals surface area contributed by atoms with Gasteiger partial charge in [0.1, 0.15) is 12.1 Å². The van der Waals surface area contributed by atoms with Gasteiger partial charge in [0.25, 0.3) is 0 Å². The summed E-state index contributed by atoms with van der Waals surface area (Å²) in [4.78, 5) is 12.0. The molecule has 25 heavy (non-hydrogen) atoms. The molecule has 0 unspecified atom stereocenters. The number of fused-ring (bicyclic) bond motifs is 1. The van der Waals surface area contributed by atoms with Crippen molar-refractivity contribution in [2.45, 2.75) is 23.1 Å². The monoisotopic (exact) mass is 364 g/mol. The third-order valence-corrected chi connectivity index (χ3v) is 6.39. The number of ether oxygens (including phenoxy) is 2. The minimum atomic E-state index is -3.94. The summed E-state index contributed by atoms with van der Waals surface area (Å²) in [6.07, 6.45) is -1.32. The van der Waals surface area contributed by atoms with Gasteiger partial charge in [-0.3, -0.25) is 4.79 Å². The van der Waals surface area contributed by atoms with Crippen molar-refractivity contribution in [3.63, 3.8) is 0 Å². The number of amides is 1. The summed E-state index contributed by atoms with van der Waals surface area (Å²) >= 11 is 0. The fourth-order valence-electron chi connectivity index (χ4n) is 3.27. The van der Waals surface area contributed by atoms with Crippen molar-refractivity contribution < 1.29 is 22.7 Å². The fourth-order valence-corrected chi connectivity index (χ4v) is 4.92. The number of benzene rings is 2. The van der Waals surface area contributed by atoms with Gasteiger partial charge in [-0.15, -0.1) is 0 Å². The Morgan fingerprint density at radius 2 is 1.80 bits per heavy atom. The number of rotatable bonds is 5. The Kier molecular flexibility index (Phi) is 4.79. The van der Waals surface area contributed by atoms with Crippen LogP contribution in [-0.2, 0) is 24.3 Å². The van der Waals surface area contributed by atoms with Crippen LogP contribution in [0.25, 0.3) is 10.8 Å². The molecule has 8 heteroatoms. The van der Waals surface area contributed by atoms with Gasteiger partial charge in [-0.1, -0.05) is 30.3 Å². The van der Waals surface area contributed by atoms with Crippen LogP contribution in [0.15, 0.2) is 47.4 Å². The molecule has 0 aromatic heterocycles. The Balaban J connectivity index is 2.06. The number of sulfonamides is 1. The first-order chi connectivity index (χ1) is 11.9. The van der Waals surface area contributed by atoms with Crippen molar-refractivity contribution in [3.8, 4) is 0 Å². The molecule has 1 aliphatic rings. The van der Waals surface area contributed by atoms with E-state index in [0.29, 0.717) is 0 Å². The van der Waals surface area contributed by atoms with Crippen LogP contribution in [0.3, 0.4) is 0 Å². The third-order valence-electron chi connectivity index (χ3n) is 4.54. The summed E-state index contributed by atoms with van der Waals surface area (Å²) in [5.41, 5.74) is 5.46. The van der Waals surface area contributed by atoms with Gasteiger partial charge < -0.3 is 15.2 Å². The topological polar surface area (TPSA) is 98.9 Å². The van der Waals surface area contributed by atoms with E-state index >= 15 is 0 Å². The Hall–Kier alpha value is -2.00. The lowest BCUT2D eigenvalue weighted by Gasteiger charge is -2.24. The third kappa shape index (κ3) is 3.02. The molecular formula is C17H20N2O5S. The molecule has 0 saturated carbocycles. The molecule has 0 radical (unpaired) electrons. The van der Waals surface area contributed by atoms with Crippen LogP contribution < -0.4 is 5.73 Å². The van der Waals surface area contributed by atoms with Crippen LogP contribution in [0.1, 0.15) is 0 Å². The summed E-state index contributed by atoms with van der Waals surface area (Å²) in [6, 6.07) is 11.2. The molecular weight excluding hydrogens is 344 g/mol. The number of primary amides is 1. The minimum Gasteiger partial charge on any atom is -0.377 e. The molecule has 1 heterocycles. The van der Waals surface area contributed by atoms with E-state index in [0.717, 1.165) is 15.1 Å². The number of hydrogen-bond donors (Lipinski definition) is 1. The summed E-state index contributed by atoms with van der Waals surface area (Å²) in [5.74, 6) is -0.768. The maximum absolute atomic E-state index is 13.1. The van der Waals surface area contributed by atoms with Gasteiger partial charge in [0.2, 0.25) is 15.9 Å². The van der Waals surface area contributed by atoms with Gasteiger partial charge >= 0.3 is 0 Å². The highest BCUT2D eigenvalue weighted by Gasteiger charge is 2.51. The molecule has 3 rings (SSSR count). The summed E-state index contributed by atoms with van der Waals surface area (Å²) < 4.78 is 37.9. The zero-order valence-electron chi connectivity index (χ0n) is 14.0. The highest BCUT2D eigenvalue weighted by Crippen LogP contribution is 2.30. The molecule has 1 amide bonds. The molecule has 0 bridgehead atoms. The lowest BCUT2D eigenvalue weighted by molar-refractivity contribution is -0.125. The first-order valence-corrected chi connectivity index (χ1v) is 9.19. The average molecular weight is 364 g/mol. The molecule has 3 atom stereocenters. The lowest BCUT2D eigenvalue weighted by atomic mass is 10.1. The second-order valence-corrected chi connectivity index (χ2v) is 7.80. The van der Waals surface area contributed by atoms with Crippen LogP contribution in [0.4, 0.5) is 0 Å². The molecule has 1 aliphatic heterocycles. The Morgan fingerprint density at radius 1 is 1.12 bits per heavy atom. The van der Waals surface area contributed by atoms with Crippen LogP contribution in [-0.4, -0.2) is 57.6 Å². The lowest BCUT2D eigenvalue weighted by Crippen LogP contribution is -2.49. The van der Waals surface area contributed by atoms with Gasteiger partial charge in [-0.05, 0) is 22.9 Å². The van der Waals surface area contributed by atoms with E-state index in [9.17, 15) is 13.2 Å². The molecule has 0 spiro atoms. The molecule has 1 saturated heterocycles. The van der Waals surface area contributed by atoms with Gasteiger partial charge in [-0.2, -0.15) is 4.31 Å². The van der Waals surface area contributed by atoms with E-state index in [4.69, 9.17) is 15.2 Å². The minimum absolute atomic E-state index is 0.00221. The predicted octanol–water partition coefficient (Wildman–Crippen LogP) is 0.728. The normalized spacial score (nSPS) is 24.6. The first-order valence-electron chi connectivity index (χ1n) is 7.75. The van der Waals surface area contributed by atoms with Gasteiger partial charge in [0.15, 0.2) is 0 Å². The maximum Gasteiger partial charge on any atom is 0.244 e. The molecule has 0 aliphatic carbocycles. The van der Waals surface area contributed by atoms with E-state index in [1.165, 1.54) is 20.3 Å². The van der Waals surface area contributed by atoms with Crippen LogP contribution in [0, 0.1) is 0 Å². The quantitative estimate of drug-likeness (QED) is 0.843. The summed E-state index contributed by atoms with van der Waals surface area (Å²) in [5, 5.41) is 1.73. The number of carbonyl (C=O) groups excluding carboxylic acids is 1. The van der Waals surface area contributed by atoms with Crippen molar-refractivity contribution in [1.29, 1.82) is 0 Å². The fraction of sp³-hybridized carbons (Fsp3) is 0.353. The average Bonchev–Trinajstić information content (AvgIpc) is 3.01. The van der Waals surface area contributed by atoms with Crippen molar-refractivity contribution in [2.24, 2.45) is 5.73 Å². The standard InChI is InChI=1S/C17H20N2O5S/c1-23-14-10-19(15(17(18)20)16(14)24-2)25(21,22)13-8-7-11-5-3-4-6-12(11)9-13/h3-9,14-16H,10H2,1-2H3,(H2,18,20)/t14-,15-,16-/m1/s1. The first kappa shape index (κ1) is 17.8. The smallest absolute Gasteiger partial charge is 0.244 e. The second kappa shape index (κ2) is 6.72. The predicted molar refractivity (Wildman–Crippen MR) is 92.4 cm³/mol. The van der Waals surface area contributed by atoms with E-state index in [2.05, 4.69) is 0 Å². The Bertz CT molecular complexity index is 899. The molecule has 2 aromatic rings. The van der Waals surface area contributed by atoms with E-state index in [-0.39, 0.29) is 11.4 Å². The van der Waals surface area contributed by atoms with Crippen molar-refractivity contribution in [2.75, 3.05) is 20.8 Å². The largest absolute Gasteiger partial charge is 0.377 e. The maximum atomic E-state index is 13.1. The van der Waals surface area contributed by atoms with Crippen molar-refractivity contribution >= 4 is 26.7 Å². The SMILES string of the molecule is CO[C@@H]1[C@H](OC)CN(S(=O)(=O)c2ccc3ccccc3c2)[C@H]1C(N)=O. The molecule has 2 aromatic carbocycles. The molecule has 7 nitrogen and oxygen atoms in total. The van der Waals surface area contributed by atoms with E-state index in [1.54, 1.807) is 12.1 Å². The Morgan fingerprint density at radius 3 is 2.40 bits per heavy atom. The van der Waals surface area contributed by atoms with Crippen LogP contribution >= 0.6 is 0 Å². The van der Waals surface area contributed by atoms with Crippen molar-refractivity contribution in [3.05, 3.63) is 42.5 Å². The zero-order valence-corrected chi connectivity index (χ0v) is 14.8. The highest BCUT2D eigenvalue weighted by molar-refractivity contribution is 7.89.